The second kappa shape index (κ2) is 9.50. The average molecular weight is 401 g/mol. The Labute approximate surface area is 173 Å². The third-order valence-corrected chi connectivity index (χ3v) is 6.44. The van der Waals surface area contributed by atoms with Crippen LogP contribution in [0.5, 0.6) is 0 Å². The monoisotopic (exact) mass is 400 g/mol. The highest BCUT2D eigenvalue weighted by Crippen LogP contribution is 2.23. The molecule has 0 unspecified atom stereocenters. The molecule has 5 nitrogen and oxygen atoms in total. The van der Waals surface area contributed by atoms with E-state index in [1.54, 1.807) is 11.8 Å². The zero-order chi connectivity index (χ0) is 20.1. The van der Waals surface area contributed by atoms with Gasteiger partial charge in [0.05, 0.1) is 11.4 Å². The first kappa shape index (κ1) is 20.8. The Morgan fingerprint density at radius 3 is 2.57 bits per heavy atom. The van der Waals surface area contributed by atoms with Crippen LogP contribution in [0.4, 0.5) is 5.69 Å². The van der Waals surface area contributed by atoms with Crippen molar-refractivity contribution in [3.63, 3.8) is 0 Å². The Balaban J connectivity index is 1.53. The van der Waals surface area contributed by atoms with Crippen molar-refractivity contribution in [2.75, 3.05) is 36.8 Å². The molecule has 1 aliphatic rings. The normalized spacial score (nSPS) is 14.6. The molecule has 0 spiro atoms. The van der Waals surface area contributed by atoms with Crippen molar-refractivity contribution in [1.82, 2.24) is 14.5 Å². The third-order valence-electron chi connectivity index (χ3n) is 5.48. The minimum absolute atomic E-state index is 0.217. The first-order valence-electron chi connectivity index (χ1n) is 10.3. The zero-order valence-electron chi connectivity index (χ0n) is 17.6. The van der Waals surface area contributed by atoms with E-state index in [-0.39, 0.29) is 5.91 Å². The van der Waals surface area contributed by atoms with Gasteiger partial charge in [-0.05, 0) is 44.9 Å². The smallest absolute Gasteiger partial charge is 0.233 e. The van der Waals surface area contributed by atoms with Crippen molar-refractivity contribution >= 4 is 23.4 Å². The van der Waals surface area contributed by atoms with Crippen LogP contribution >= 0.6 is 11.8 Å². The van der Waals surface area contributed by atoms with Crippen molar-refractivity contribution in [2.45, 2.75) is 52.2 Å². The topological polar surface area (TPSA) is 41.4 Å². The summed E-state index contributed by atoms with van der Waals surface area (Å²) in [5.74, 6) is 0.682. The van der Waals surface area contributed by atoms with Gasteiger partial charge in [-0.2, -0.15) is 0 Å². The summed E-state index contributed by atoms with van der Waals surface area (Å²) in [4.78, 5) is 21.8. The number of carbonyl (C=O) groups excluding carboxylic acids is 1. The van der Waals surface area contributed by atoms with Gasteiger partial charge in [0.25, 0.3) is 0 Å². The summed E-state index contributed by atoms with van der Waals surface area (Å²) in [5.41, 5.74) is 4.81. The quantitative estimate of drug-likeness (QED) is 0.658. The fraction of sp³-hybridized carbons (Fsp3) is 0.545. The molecular weight excluding hydrogens is 368 g/mol. The van der Waals surface area contributed by atoms with Gasteiger partial charge in [-0.25, -0.2) is 4.98 Å². The Bertz CT molecular complexity index is 809. The van der Waals surface area contributed by atoms with E-state index < -0.39 is 0 Å². The second-order valence-electron chi connectivity index (χ2n) is 7.57. The molecule has 0 atom stereocenters. The maximum Gasteiger partial charge on any atom is 0.233 e. The lowest BCUT2D eigenvalue weighted by molar-refractivity contribution is -0.128. The van der Waals surface area contributed by atoms with Crippen molar-refractivity contribution in [3.05, 3.63) is 41.2 Å². The van der Waals surface area contributed by atoms with Crippen LogP contribution in [0.15, 0.2) is 29.4 Å². The van der Waals surface area contributed by atoms with E-state index in [4.69, 9.17) is 0 Å². The van der Waals surface area contributed by atoms with Crippen molar-refractivity contribution in [2.24, 2.45) is 0 Å². The first-order chi connectivity index (χ1) is 13.5. The molecule has 152 valence electrons. The fourth-order valence-electron chi connectivity index (χ4n) is 3.57. The zero-order valence-corrected chi connectivity index (χ0v) is 18.4. The average Bonchev–Trinajstić information content (AvgIpc) is 2.98. The molecule has 0 radical (unpaired) electrons. The number of piperazine rings is 1. The van der Waals surface area contributed by atoms with Crippen LogP contribution < -0.4 is 4.90 Å². The summed E-state index contributed by atoms with van der Waals surface area (Å²) in [6.45, 7) is 12.8. The predicted molar refractivity (Wildman–Crippen MR) is 117 cm³/mol. The van der Waals surface area contributed by atoms with Gasteiger partial charge >= 0.3 is 0 Å². The van der Waals surface area contributed by atoms with Gasteiger partial charge in [0.2, 0.25) is 5.91 Å². The van der Waals surface area contributed by atoms with Gasteiger partial charge in [-0.3, -0.25) is 4.79 Å². The van der Waals surface area contributed by atoms with Crippen LogP contribution in [0, 0.1) is 20.8 Å². The number of thioether (sulfide) groups is 1. The third kappa shape index (κ3) is 4.90. The Kier molecular flexibility index (Phi) is 7.05. The Morgan fingerprint density at radius 1 is 1.14 bits per heavy atom. The number of rotatable bonds is 7. The molecule has 1 aliphatic heterocycles. The highest BCUT2D eigenvalue weighted by atomic mass is 32.2. The second-order valence-corrected chi connectivity index (χ2v) is 8.51. The number of aromatic nitrogens is 2. The van der Waals surface area contributed by atoms with Crippen molar-refractivity contribution < 1.29 is 4.79 Å². The summed E-state index contributed by atoms with van der Waals surface area (Å²) in [6.07, 6.45) is 2.30. The number of hydrogen-bond donors (Lipinski definition) is 0. The van der Waals surface area contributed by atoms with Gasteiger partial charge in [-0.1, -0.05) is 37.2 Å². The fourth-order valence-corrected chi connectivity index (χ4v) is 4.59. The predicted octanol–water partition coefficient (Wildman–Crippen LogP) is 4.05. The SMILES string of the molecule is CCCCn1c(SCC(=O)N2CCN(c3cccc(C)c3)CC2)nc(C)c1C. The molecule has 1 amide bonds. The van der Waals surface area contributed by atoms with Crippen LogP contribution in [0.2, 0.25) is 0 Å². The van der Waals surface area contributed by atoms with Gasteiger partial charge in [0.15, 0.2) is 5.16 Å². The standard InChI is InChI=1S/C22H32N4OS/c1-5-6-10-26-19(4)18(3)23-22(26)28-16-21(27)25-13-11-24(12-14-25)20-9-7-8-17(2)15-20/h7-9,15H,5-6,10-14,16H2,1-4H3. The summed E-state index contributed by atoms with van der Waals surface area (Å²) >= 11 is 1.58. The molecule has 2 heterocycles. The van der Waals surface area contributed by atoms with Gasteiger partial charge < -0.3 is 14.4 Å². The molecule has 0 bridgehead atoms. The number of imidazole rings is 1. The molecule has 1 aromatic carbocycles. The molecule has 0 N–H and O–H groups in total. The van der Waals surface area contributed by atoms with Gasteiger partial charge in [0, 0.05) is 44.1 Å². The summed E-state index contributed by atoms with van der Waals surface area (Å²) < 4.78 is 2.27. The van der Waals surface area contributed by atoms with E-state index >= 15 is 0 Å². The minimum Gasteiger partial charge on any atom is -0.368 e. The molecule has 1 saturated heterocycles. The van der Waals surface area contributed by atoms with E-state index in [9.17, 15) is 4.79 Å². The number of unbranched alkanes of at least 4 members (excludes halogenated alkanes) is 1. The largest absolute Gasteiger partial charge is 0.368 e. The lowest BCUT2D eigenvalue weighted by atomic mass is 10.2. The first-order valence-corrected chi connectivity index (χ1v) is 11.2. The number of hydrogen-bond acceptors (Lipinski definition) is 4. The van der Waals surface area contributed by atoms with Crippen molar-refractivity contribution in [3.8, 4) is 0 Å². The molecule has 28 heavy (non-hydrogen) atoms. The highest BCUT2D eigenvalue weighted by Gasteiger charge is 2.22. The van der Waals surface area contributed by atoms with E-state index in [1.165, 1.54) is 16.9 Å². The lowest BCUT2D eigenvalue weighted by Gasteiger charge is -2.36. The van der Waals surface area contributed by atoms with E-state index in [0.29, 0.717) is 5.75 Å². The summed E-state index contributed by atoms with van der Waals surface area (Å²) in [5, 5.41) is 0.982. The number of nitrogens with zero attached hydrogens (tertiary/aromatic N) is 4. The van der Waals surface area contributed by atoms with Crippen LogP contribution in [0.1, 0.15) is 36.7 Å². The summed E-state index contributed by atoms with van der Waals surface area (Å²) in [6, 6.07) is 8.59. The maximum atomic E-state index is 12.7. The molecule has 0 saturated carbocycles. The minimum atomic E-state index is 0.217. The highest BCUT2D eigenvalue weighted by molar-refractivity contribution is 7.99. The summed E-state index contributed by atoms with van der Waals surface area (Å²) in [7, 11) is 0. The van der Waals surface area contributed by atoms with E-state index in [2.05, 4.69) is 59.5 Å². The van der Waals surface area contributed by atoms with E-state index in [1.807, 2.05) is 11.8 Å². The number of amides is 1. The number of benzene rings is 1. The number of aryl methyl sites for hydroxylation is 2. The Hall–Kier alpha value is -1.95. The molecular formula is C22H32N4OS. The molecule has 6 heteroatoms. The van der Waals surface area contributed by atoms with Gasteiger partial charge in [-0.15, -0.1) is 0 Å². The molecule has 0 aliphatic carbocycles. The molecule has 1 aromatic heterocycles. The number of anilines is 1. The van der Waals surface area contributed by atoms with Crippen molar-refractivity contribution in [1.29, 1.82) is 0 Å². The van der Waals surface area contributed by atoms with Gasteiger partial charge in [0.1, 0.15) is 0 Å². The van der Waals surface area contributed by atoms with Crippen LogP contribution in [-0.4, -0.2) is 52.3 Å². The molecule has 3 rings (SSSR count). The van der Waals surface area contributed by atoms with Crippen LogP contribution in [-0.2, 0) is 11.3 Å². The van der Waals surface area contributed by atoms with E-state index in [0.717, 1.165) is 56.4 Å². The maximum absolute atomic E-state index is 12.7. The van der Waals surface area contributed by atoms with Crippen LogP contribution in [0.25, 0.3) is 0 Å². The van der Waals surface area contributed by atoms with Crippen LogP contribution in [0.3, 0.4) is 0 Å². The molecule has 1 fully saturated rings. The number of carbonyl (C=O) groups is 1. The lowest BCUT2D eigenvalue weighted by Crippen LogP contribution is -2.49. The Morgan fingerprint density at radius 2 is 1.89 bits per heavy atom. The molecule has 2 aromatic rings.